The largest absolute Gasteiger partial charge is 0.456 e. The van der Waals surface area contributed by atoms with Crippen LogP contribution in [0.15, 0.2) is 30.3 Å². The average Bonchev–Trinajstić information content (AvgIpc) is 2.96. The Morgan fingerprint density at radius 2 is 2.08 bits per heavy atom. The van der Waals surface area contributed by atoms with Crippen LogP contribution < -0.4 is 0 Å². The summed E-state index contributed by atoms with van der Waals surface area (Å²) in [6.07, 6.45) is -1.84. The minimum atomic E-state index is -2.84. The minimum Gasteiger partial charge on any atom is -0.456 e. The molecule has 1 N–H and O–H groups in total. The molecule has 8 heteroatoms. The number of benzene rings is 1. The van der Waals surface area contributed by atoms with Crippen LogP contribution >= 0.6 is 7.37 Å². The summed E-state index contributed by atoms with van der Waals surface area (Å²) in [5.41, 5.74) is 0.424. The maximum Gasteiger partial charge on any atom is 0.338 e. The van der Waals surface area contributed by atoms with E-state index in [2.05, 4.69) is 0 Å². The van der Waals surface area contributed by atoms with Crippen LogP contribution in [0, 0.1) is 0 Å². The lowest BCUT2D eigenvalue weighted by atomic mass is 10.2. The molecule has 0 aromatic heterocycles. The van der Waals surface area contributed by atoms with Crippen molar-refractivity contribution in [2.24, 2.45) is 0 Å². The molecule has 1 aliphatic rings. The first-order valence-corrected chi connectivity index (χ1v) is 10.1. The van der Waals surface area contributed by atoms with E-state index in [4.69, 9.17) is 18.7 Å². The van der Waals surface area contributed by atoms with Gasteiger partial charge in [0.2, 0.25) is 7.37 Å². The second-order valence-electron chi connectivity index (χ2n) is 5.56. The van der Waals surface area contributed by atoms with Crippen LogP contribution in [0.2, 0.25) is 0 Å². The fourth-order valence-corrected chi connectivity index (χ4v) is 3.44. The summed E-state index contributed by atoms with van der Waals surface area (Å²) in [5, 5.41) is 9.40. The maximum absolute atomic E-state index is 12.1. The summed E-state index contributed by atoms with van der Waals surface area (Å²) in [5.74, 6) is -0.487. The topological polar surface area (TPSA) is 91.3 Å². The monoisotopic (exact) mass is 358 g/mol. The molecule has 1 aromatic carbocycles. The molecule has 1 fully saturated rings. The van der Waals surface area contributed by atoms with Gasteiger partial charge >= 0.3 is 5.97 Å². The Morgan fingerprint density at radius 1 is 1.38 bits per heavy atom. The summed E-state index contributed by atoms with van der Waals surface area (Å²) >= 11 is 0. The highest BCUT2D eigenvalue weighted by atomic mass is 31.2. The molecule has 0 spiro atoms. The van der Waals surface area contributed by atoms with Crippen molar-refractivity contribution in [3.63, 3.8) is 0 Å². The smallest absolute Gasteiger partial charge is 0.338 e. The number of rotatable bonds is 8. The van der Waals surface area contributed by atoms with Gasteiger partial charge in [0.15, 0.2) is 6.29 Å². The minimum absolute atomic E-state index is 0.0942. The lowest BCUT2D eigenvalue weighted by Crippen LogP contribution is -2.30. The highest BCUT2D eigenvalue weighted by molar-refractivity contribution is 7.57. The highest BCUT2D eigenvalue weighted by Gasteiger charge is 2.39. The quantitative estimate of drug-likeness (QED) is 0.563. The fourth-order valence-electron chi connectivity index (χ4n) is 2.38. The Hall–Kier alpha value is -1.24. The number of hydrogen-bond donors (Lipinski definition) is 1. The van der Waals surface area contributed by atoms with Gasteiger partial charge in [0.05, 0.1) is 18.8 Å². The van der Waals surface area contributed by atoms with E-state index < -0.39 is 31.8 Å². The molecule has 0 aliphatic carbocycles. The maximum atomic E-state index is 12.1. The van der Waals surface area contributed by atoms with Crippen LogP contribution in [0.3, 0.4) is 0 Å². The molecule has 1 unspecified atom stereocenters. The van der Waals surface area contributed by atoms with Crippen molar-refractivity contribution in [1.29, 1.82) is 0 Å². The summed E-state index contributed by atoms with van der Waals surface area (Å²) < 4.78 is 33.5. The third-order valence-electron chi connectivity index (χ3n) is 3.51. The molecule has 24 heavy (non-hydrogen) atoms. The molecule has 0 saturated carbocycles. The van der Waals surface area contributed by atoms with Gasteiger partial charge < -0.3 is 23.8 Å². The summed E-state index contributed by atoms with van der Waals surface area (Å²) in [6, 6.07) is 8.58. The van der Waals surface area contributed by atoms with E-state index in [1.807, 2.05) is 0 Å². The standard InChI is InChI=1S/C16H23O7P/c1-3-21-24(2,19)11-20-15-9-13(14(10-17)22-15)23-16(18)12-7-5-4-6-8-12/h4-8,13-15,17H,3,9-11H2,1-2H3/t13-,14+,15-,24?/m0/s1. The molecule has 1 aromatic rings. The van der Waals surface area contributed by atoms with E-state index in [0.717, 1.165) is 0 Å². The van der Waals surface area contributed by atoms with E-state index in [1.54, 1.807) is 37.3 Å². The van der Waals surface area contributed by atoms with Crippen LogP contribution in [0.4, 0.5) is 0 Å². The van der Waals surface area contributed by atoms with E-state index >= 15 is 0 Å². The number of hydrogen-bond acceptors (Lipinski definition) is 7. The van der Waals surface area contributed by atoms with E-state index in [1.165, 1.54) is 6.66 Å². The van der Waals surface area contributed by atoms with Crippen molar-refractivity contribution in [2.75, 3.05) is 26.2 Å². The molecule has 4 atom stereocenters. The molecular formula is C16H23O7P. The van der Waals surface area contributed by atoms with Crippen LogP contribution in [0.1, 0.15) is 23.7 Å². The SMILES string of the molecule is CCOP(C)(=O)CO[C@@H]1C[C@H](OC(=O)c2ccccc2)[C@@H](CO)O1. The second kappa shape index (κ2) is 8.74. The van der Waals surface area contributed by atoms with Crippen molar-refractivity contribution in [3.05, 3.63) is 35.9 Å². The van der Waals surface area contributed by atoms with Gasteiger partial charge in [0.25, 0.3) is 0 Å². The Morgan fingerprint density at radius 3 is 2.71 bits per heavy atom. The van der Waals surface area contributed by atoms with Gasteiger partial charge in [-0.15, -0.1) is 0 Å². The first kappa shape index (κ1) is 19.1. The first-order chi connectivity index (χ1) is 11.4. The van der Waals surface area contributed by atoms with Gasteiger partial charge in [0, 0.05) is 13.1 Å². The van der Waals surface area contributed by atoms with Gasteiger partial charge in [-0.2, -0.15) is 0 Å². The lowest BCUT2D eigenvalue weighted by molar-refractivity contribution is -0.134. The zero-order valence-electron chi connectivity index (χ0n) is 13.8. The van der Waals surface area contributed by atoms with Gasteiger partial charge in [-0.05, 0) is 19.1 Å². The summed E-state index contributed by atoms with van der Waals surface area (Å²) in [6.45, 7) is 3.27. The van der Waals surface area contributed by atoms with E-state index in [9.17, 15) is 14.5 Å². The van der Waals surface area contributed by atoms with Crippen LogP contribution in [0.5, 0.6) is 0 Å². The first-order valence-electron chi connectivity index (χ1n) is 7.80. The Balaban J connectivity index is 1.90. The second-order valence-corrected chi connectivity index (χ2v) is 8.10. The molecule has 1 heterocycles. The third kappa shape index (κ3) is 5.40. The Bertz CT molecular complexity index is 577. The van der Waals surface area contributed by atoms with Crippen molar-refractivity contribution < 1.29 is 33.2 Å². The number of aliphatic hydroxyl groups is 1. The molecule has 0 amide bonds. The van der Waals surface area contributed by atoms with Gasteiger partial charge in [-0.25, -0.2) is 4.79 Å². The Kier molecular flexibility index (Phi) is 6.95. The molecule has 1 saturated heterocycles. The summed E-state index contributed by atoms with van der Waals surface area (Å²) in [7, 11) is -2.84. The highest BCUT2D eigenvalue weighted by Crippen LogP contribution is 2.43. The van der Waals surface area contributed by atoms with Crippen molar-refractivity contribution in [1.82, 2.24) is 0 Å². The predicted octanol–water partition coefficient (Wildman–Crippen LogP) is 2.24. The molecule has 134 valence electrons. The number of carbonyl (C=O) groups is 1. The zero-order chi connectivity index (χ0) is 17.6. The fraction of sp³-hybridized carbons (Fsp3) is 0.562. The molecular weight excluding hydrogens is 335 g/mol. The van der Waals surface area contributed by atoms with Crippen LogP contribution in [-0.4, -0.2) is 55.8 Å². The number of esters is 1. The normalized spacial score (nSPS) is 26.0. The number of ether oxygens (including phenoxy) is 3. The Labute approximate surface area is 141 Å². The van der Waals surface area contributed by atoms with Gasteiger partial charge in [-0.3, -0.25) is 4.57 Å². The molecule has 7 nitrogen and oxygen atoms in total. The van der Waals surface area contributed by atoms with Crippen molar-refractivity contribution >= 4 is 13.3 Å². The average molecular weight is 358 g/mol. The van der Waals surface area contributed by atoms with Crippen molar-refractivity contribution in [2.45, 2.75) is 31.8 Å². The van der Waals surface area contributed by atoms with Crippen LogP contribution in [0.25, 0.3) is 0 Å². The van der Waals surface area contributed by atoms with E-state index in [0.29, 0.717) is 12.2 Å². The third-order valence-corrected chi connectivity index (χ3v) is 4.93. The van der Waals surface area contributed by atoms with E-state index in [-0.39, 0.29) is 19.4 Å². The molecule has 1 aliphatic heterocycles. The predicted molar refractivity (Wildman–Crippen MR) is 87.1 cm³/mol. The van der Waals surface area contributed by atoms with Gasteiger partial charge in [0.1, 0.15) is 18.6 Å². The molecule has 2 rings (SSSR count). The van der Waals surface area contributed by atoms with Gasteiger partial charge in [-0.1, -0.05) is 18.2 Å². The molecule has 0 bridgehead atoms. The number of carbonyl (C=O) groups excluding carboxylic acids is 1. The van der Waals surface area contributed by atoms with Crippen molar-refractivity contribution in [3.8, 4) is 0 Å². The number of aliphatic hydroxyl groups excluding tert-OH is 1. The summed E-state index contributed by atoms with van der Waals surface area (Å²) in [4.78, 5) is 12.1. The van der Waals surface area contributed by atoms with Crippen LogP contribution in [-0.2, 0) is 23.3 Å². The lowest BCUT2D eigenvalue weighted by Gasteiger charge is -2.17. The zero-order valence-corrected chi connectivity index (χ0v) is 14.7. The molecule has 0 radical (unpaired) electrons.